The SMILES string of the molecule is CCn1c([C@@H](C)NC(=O)c2ccc(Cl)cc2)n[nH]c1=S. The molecule has 0 aliphatic carbocycles. The van der Waals surface area contributed by atoms with Crippen LogP contribution in [0, 0.1) is 4.77 Å². The normalized spacial score (nSPS) is 12.2. The molecule has 1 aromatic heterocycles. The van der Waals surface area contributed by atoms with E-state index in [1.165, 1.54) is 0 Å². The van der Waals surface area contributed by atoms with Gasteiger partial charge < -0.3 is 9.88 Å². The summed E-state index contributed by atoms with van der Waals surface area (Å²) in [7, 11) is 0. The maximum atomic E-state index is 12.1. The summed E-state index contributed by atoms with van der Waals surface area (Å²) in [6.07, 6.45) is 0. The zero-order valence-electron chi connectivity index (χ0n) is 11.2. The molecule has 0 unspecified atom stereocenters. The van der Waals surface area contributed by atoms with E-state index < -0.39 is 0 Å². The number of amides is 1. The van der Waals surface area contributed by atoms with Crippen molar-refractivity contribution in [3.8, 4) is 0 Å². The Morgan fingerprint density at radius 3 is 2.75 bits per heavy atom. The first-order valence-electron chi connectivity index (χ1n) is 6.24. The second-order valence-corrected chi connectivity index (χ2v) is 5.16. The zero-order chi connectivity index (χ0) is 14.7. The third kappa shape index (κ3) is 3.08. The summed E-state index contributed by atoms with van der Waals surface area (Å²) >= 11 is 10.9. The molecule has 2 rings (SSSR count). The number of benzene rings is 1. The molecule has 106 valence electrons. The van der Waals surface area contributed by atoms with Gasteiger partial charge in [-0.25, -0.2) is 0 Å². The van der Waals surface area contributed by atoms with E-state index in [-0.39, 0.29) is 11.9 Å². The van der Waals surface area contributed by atoms with Crippen LogP contribution < -0.4 is 5.32 Å². The lowest BCUT2D eigenvalue weighted by Gasteiger charge is -2.14. The van der Waals surface area contributed by atoms with E-state index in [1.54, 1.807) is 24.3 Å². The minimum absolute atomic E-state index is 0.175. The smallest absolute Gasteiger partial charge is 0.251 e. The second kappa shape index (κ2) is 6.19. The van der Waals surface area contributed by atoms with E-state index in [9.17, 15) is 4.79 Å². The number of hydrogen-bond donors (Lipinski definition) is 2. The molecule has 5 nitrogen and oxygen atoms in total. The standard InChI is InChI=1S/C13H15ClN4OS/c1-3-18-11(16-17-13(18)20)8(2)15-12(19)9-4-6-10(14)7-5-9/h4-8H,3H2,1-2H3,(H,15,19)(H,17,20)/t8-/m1/s1. The van der Waals surface area contributed by atoms with Crippen molar-refractivity contribution in [1.82, 2.24) is 20.1 Å². The number of hydrogen-bond acceptors (Lipinski definition) is 3. The molecule has 0 bridgehead atoms. The average molecular weight is 311 g/mol. The number of carbonyl (C=O) groups is 1. The van der Waals surface area contributed by atoms with Crippen molar-refractivity contribution in [3.63, 3.8) is 0 Å². The van der Waals surface area contributed by atoms with Crippen LogP contribution in [0.4, 0.5) is 0 Å². The van der Waals surface area contributed by atoms with Crippen LogP contribution in [0.25, 0.3) is 0 Å². The van der Waals surface area contributed by atoms with Gasteiger partial charge in [0.2, 0.25) is 0 Å². The highest BCUT2D eigenvalue weighted by molar-refractivity contribution is 7.71. The molecule has 1 atom stereocenters. The summed E-state index contributed by atoms with van der Waals surface area (Å²) in [5.41, 5.74) is 0.554. The maximum Gasteiger partial charge on any atom is 0.251 e. The summed E-state index contributed by atoms with van der Waals surface area (Å²) in [6, 6.07) is 6.49. The van der Waals surface area contributed by atoms with Crippen LogP contribution in [-0.2, 0) is 6.54 Å². The lowest BCUT2D eigenvalue weighted by molar-refractivity contribution is 0.0937. The van der Waals surface area contributed by atoms with E-state index in [0.717, 1.165) is 0 Å². The maximum absolute atomic E-state index is 12.1. The Hall–Kier alpha value is -1.66. The van der Waals surface area contributed by atoms with E-state index in [0.29, 0.717) is 27.7 Å². The van der Waals surface area contributed by atoms with Gasteiger partial charge in [0.15, 0.2) is 10.6 Å². The lowest BCUT2D eigenvalue weighted by Crippen LogP contribution is -2.28. The van der Waals surface area contributed by atoms with Crippen LogP contribution in [0.3, 0.4) is 0 Å². The molecule has 0 saturated heterocycles. The fourth-order valence-electron chi connectivity index (χ4n) is 1.91. The summed E-state index contributed by atoms with van der Waals surface area (Å²) in [5, 5.41) is 10.4. The van der Waals surface area contributed by atoms with E-state index >= 15 is 0 Å². The van der Waals surface area contributed by atoms with Crippen molar-refractivity contribution < 1.29 is 4.79 Å². The fraction of sp³-hybridized carbons (Fsp3) is 0.308. The predicted molar refractivity (Wildman–Crippen MR) is 80.4 cm³/mol. The molecule has 2 aromatic rings. The predicted octanol–water partition coefficient (Wildman–Crippen LogP) is 3.10. The first kappa shape index (κ1) is 14.7. The summed E-state index contributed by atoms with van der Waals surface area (Å²) in [4.78, 5) is 12.1. The lowest BCUT2D eigenvalue weighted by atomic mass is 10.2. The Morgan fingerprint density at radius 2 is 2.15 bits per heavy atom. The van der Waals surface area contributed by atoms with Crippen molar-refractivity contribution in [2.45, 2.75) is 26.4 Å². The van der Waals surface area contributed by atoms with E-state index in [1.807, 2.05) is 18.4 Å². The summed E-state index contributed by atoms with van der Waals surface area (Å²) in [6.45, 7) is 4.54. The molecule has 0 radical (unpaired) electrons. The molecule has 0 saturated carbocycles. The number of nitrogens with one attached hydrogen (secondary N) is 2. The number of H-pyrrole nitrogens is 1. The molecule has 0 aliphatic heterocycles. The van der Waals surface area contributed by atoms with Gasteiger partial charge in [-0.05, 0) is 50.3 Å². The molecule has 0 aliphatic rings. The van der Waals surface area contributed by atoms with Gasteiger partial charge in [0.05, 0.1) is 6.04 Å². The molecule has 0 spiro atoms. The van der Waals surface area contributed by atoms with Crippen molar-refractivity contribution >= 4 is 29.7 Å². The molecular formula is C13H15ClN4OS. The van der Waals surface area contributed by atoms with E-state index in [2.05, 4.69) is 15.5 Å². The Morgan fingerprint density at radius 1 is 1.50 bits per heavy atom. The van der Waals surface area contributed by atoms with Crippen molar-refractivity contribution in [3.05, 3.63) is 45.4 Å². The van der Waals surface area contributed by atoms with Crippen LogP contribution in [0.1, 0.15) is 36.1 Å². The number of halogens is 1. The zero-order valence-corrected chi connectivity index (χ0v) is 12.8. The quantitative estimate of drug-likeness (QED) is 0.853. The van der Waals surface area contributed by atoms with Crippen molar-refractivity contribution in [2.24, 2.45) is 0 Å². The Bertz CT molecular complexity index is 662. The van der Waals surface area contributed by atoms with Gasteiger partial charge in [-0.2, -0.15) is 5.10 Å². The average Bonchev–Trinajstić information content (AvgIpc) is 2.80. The molecule has 1 amide bonds. The minimum atomic E-state index is -0.244. The van der Waals surface area contributed by atoms with Crippen LogP contribution >= 0.6 is 23.8 Å². The number of aromatic nitrogens is 3. The number of aromatic amines is 1. The molecule has 1 heterocycles. The summed E-state index contributed by atoms with van der Waals surface area (Å²) in [5.74, 6) is 0.533. The molecule has 1 aromatic carbocycles. The highest BCUT2D eigenvalue weighted by Crippen LogP contribution is 2.13. The number of nitrogens with zero attached hydrogens (tertiary/aromatic N) is 2. The van der Waals surface area contributed by atoms with Gasteiger partial charge in [-0.15, -0.1) is 0 Å². The highest BCUT2D eigenvalue weighted by Gasteiger charge is 2.16. The first-order chi connectivity index (χ1) is 9.52. The third-order valence-corrected chi connectivity index (χ3v) is 3.51. The highest BCUT2D eigenvalue weighted by atomic mass is 35.5. The Labute approximate surface area is 127 Å². The van der Waals surface area contributed by atoms with Crippen LogP contribution in [0.2, 0.25) is 5.02 Å². The largest absolute Gasteiger partial charge is 0.342 e. The molecular weight excluding hydrogens is 296 g/mol. The summed E-state index contributed by atoms with van der Waals surface area (Å²) < 4.78 is 2.40. The molecule has 0 fully saturated rings. The van der Waals surface area contributed by atoms with Gasteiger partial charge in [-0.1, -0.05) is 11.6 Å². The molecule has 20 heavy (non-hydrogen) atoms. The van der Waals surface area contributed by atoms with Crippen LogP contribution in [0.5, 0.6) is 0 Å². The van der Waals surface area contributed by atoms with Crippen LogP contribution in [-0.4, -0.2) is 20.7 Å². The van der Waals surface area contributed by atoms with Crippen molar-refractivity contribution in [1.29, 1.82) is 0 Å². The van der Waals surface area contributed by atoms with Gasteiger partial charge in [0.25, 0.3) is 5.91 Å². The first-order valence-corrected chi connectivity index (χ1v) is 7.03. The second-order valence-electron chi connectivity index (χ2n) is 4.33. The van der Waals surface area contributed by atoms with Crippen LogP contribution in [0.15, 0.2) is 24.3 Å². The van der Waals surface area contributed by atoms with Gasteiger partial charge in [0.1, 0.15) is 0 Å². The molecule has 7 heteroatoms. The fourth-order valence-corrected chi connectivity index (χ4v) is 2.31. The van der Waals surface area contributed by atoms with E-state index in [4.69, 9.17) is 23.8 Å². The van der Waals surface area contributed by atoms with Crippen molar-refractivity contribution in [2.75, 3.05) is 0 Å². The number of rotatable bonds is 4. The Kier molecular flexibility index (Phi) is 4.57. The van der Waals surface area contributed by atoms with Gasteiger partial charge in [0, 0.05) is 17.1 Å². The topological polar surface area (TPSA) is 62.7 Å². The van der Waals surface area contributed by atoms with Gasteiger partial charge in [-0.3, -0.25) is 9.89 Å². The Balaban J connectivity index is 2.15. The number of carbonyl (C=O) groups excluding carboxylic acids is 1. The third-order valence-electron chi connectivity index (χ3n) is 2.95. The minimum Gasteiger partial charge on any atom is -0.342 e. The monoisotopic (exact) mass is 310 g/mol. The van der Waals surface area contributed by atoms with Gasteiger partial charge >= 0.3 is 0 Å². The molecule has 2 N–H and O–H groups in total.